The van der Waals surface area contributed by atoms with Crippen molar-refractivity contribution in [3.8, 4) is 0 Å². The van der Waals surface area contributed by atoms with Gasteiger partial charge in [0, 0.05) is 57.4 Å². The van der Waals surface area contributed by atoms with Crippen molar-refractivity contribution in [1.82, 2.24) is 14.7 Å². The minimum Gasteiger partial charge on any atom is -0.299 e. The maximum absolute atomic E-state index is 2.80. The lowest BCUT2D eigenvalue weighted by Gasteiger charge is -2.43. The van der Waals surface area contributed by atoms with E-state index >= 15 is 0 Å². The van der Waals surface area contributed by atoms with E-state index in [1.807, 2.05) is 0 Å². The van der Waals surface area contributed by atoms with Gasteiger partial charge < -0.3 is 0 Å². The van der Waals surface area contributed by atoms with E-state index in [1.54, 1.807) is 0 Å². The Labute approximate surface area is 131 Å². The molecule has 2 saturated heterocycles. The SMILES string of the molecule is CC1CCC(N2CCN([C@H]3CCN(C(C)C)C3)CC2)CC1. The van der Waals surface area contributed by atoms with E-state index in [2.05, 4.69) is 35.5 Å². The summed E-state index contributed by atoms with van der Waals surface area (Å²) < 4.78 is 0. The zero-order chi connectivity index (χ0) is 14.8. The molecule has 3 aliphatic rings. The number of likely N-dealkylation sites (tertiary alicyclic amines) is 1. The fourth-order valence-corrected chi connectivity index (χ4v) is 4.61. The minimum atomic E-state index is 0.723. The number of piperazine rings is 1. The monoisotopic (exact) mass is 293 g/mol. The third-order valence-electron chi connectivity index (χ3n) is 6.29. The normalized spacial score (nSPS) is 37.4. The first-order chi connectivity index (χ1) is 10.1. The molecule has 3 rings (SSSR count). The number of hydrogen-bond donors (Lipinski definition) is 0. The Kier molecular flexibility index (Phi) is 5.23. The highest BCUT2D eigenvalue weighted by atomic mass is 15.3. The zero-order valence-corrected chi connectivity index (χ0v) is 14.4. The summed E-state index contributed by atoms with van der Waals surface area (Å²) in [5.41, 5.74) is 0. The molecule has 21 heavy (non-hydrogen) atoms. The number of rotatable bonds is 3. The predicted molar refractivity (Wildman–Crippen MR) is 89.7 cm³/mol. The van der Waals surface area contributed by atoms with Crippen molar-refractivity contribution < 1.29 is 0 Å². The molecule has 0 spiro atoms. The van der Waals surface area contributed by atoms with Crippen LogP contribution in [0.3, 0.4) is 0 Å². The Morgan fingerprint density at radius 2 is 1.29 bits per heavy atom. The van der Waals surface area contributed by atoms with Crippen molar-refractivity contribution in [2.24, 2.45) is 5.92 Å². The number of hydrogen-bond acceptors (Lipinski definition) is 3. The Hall–Kier alpha value is -0.120. The van der Waals surface area contributed by atoms with Crippen molar-refractivity contribution in [3.05, 3.63) is 0 Å². The van der Waals surface area contributed by atoms with Crippen LogP contribution in [0.1, 0.15) is 52.9 Å². The summed E-state index contributed by atoms with van der Waals surface area (Å²) in [6.45, 7) is 15.0. The molecule has 0 radical (unpaired) electrons. The molecule has 122 valence electrons. The Balaban J connectivity index is 1.43. The van der Waals surface area contributed by atoms with Crippen LogP contribution < -0.4 is 0 Å². The average molecular weight is 293 g/mol. The van der Waals surface area contributed by atoms with Crippen molar-refractivity contribution >= 4 is 0 Å². The second-order valence-corrected chi connectivity index (χ2v) is 8.02. The molecular weight excluding hydrogens is 258 g/mol. The van der Waals surface area contributed by atoms with Gasteiger partial charge in [0.1, 0.15) is 0 Å². The zero-order valence-electron chi connectivity index (χ0n) is 14.4. The van der Waals surface area contributed by atoms with Crippen molar-refractivity contribution in [2.45, 2.75) is 71.0 Å². The van der Waals surface area contributed by atoms with Gasteiger partial charge in [0.2, 0.25) is 0 Å². The van der Waals surface area contributed by atoms with Gasteiger partial charge in [0.25, 0.3) is 0 Å². The summed E-state index contributed by atoms with van der Waals surface area (Å²) in [5, 5.41) is 0. The molecule has 0 N–H and O–H groups in total. The van der Waals surface area contributed by atoms with Gasteiger partial charge >= 0.3 is 0 Å². The van der Waals surface area contributed by atoms with Crippen LogP contribution in [-0.2, 0) is 0 Å². The fourth-order valence-electron chi connectivity index (χ4n) is 4.61. The molecular formula is C18H35N3. The lowest BCUT2D eigenvalue weighted by atomic mass is 9.86. The summed E-state index contributed by atoms with van der Waals surface area (Å²) in [6.07, 6.45) is 7.20. The molecule has 0 aromatic heterocycles. The molecule has 0 unspecified atom stereocenters. The van der Waals surface area contributed by atoms with Gasteiger partial charge in [0.15, 0.2) is 0 Å². The molecule has 3 nitrogen and oxygen atoms in total. The third kappa shape index (κ3) is 3.80. The van der Waals surface area contributed by atoms with E-state index in [1.165, 1.54) is 71.4 Å². The topological polar surface area (TPSA) is 9.72 Å². The van der Waals surface area contributed by atoms with Gasteiger partial charge in [-0.15, -0.1) is 0 Å². The summed E-state index contributed by atoms with van der Waals surface area (Å²) in [6, 6.07) is 2.46. The molecule has 1 aliphatic carbocycles. The minimum absolute atomic E-state index is 0.723. The number of nitrogens with zero attached hydrogens (tertiary/aromatic N) is 3. The molecule has 0 bridgehead atoms. The predicted octanol–water partition coefficient (Wildman–Crippen LogP) is 2.67. The van der Waals surface area contributed by atoms with E-state index in [-0.39, 0.29) is 0 Å². The van der Waals surface area contributed by atoms with Crippen molar-refractivity contribution in [1.29, 1.82) is 0 Å². The summed E-state index contributed by atoms with van der Waals surface area (Å²) in [7, 11) is 0. The van der Waals surface area contributed by atoms with Crippen molar-refractivity contribution in [3.63, 3.8) is 0 Å². The van der Waals surface area contributed by atoms with Crippen LogP contribution in [0.4, 0.5) is 0 Å². The molecule has 0 amide bonds. The van der Waals surface area contributed by atoms with Crippen LogP contribution in [0.2, 0.25) is 0 Å². The van der Waals surface area contributed by atoms with Gasteiger partial charge in [0.05, 0.1) is 0 Å². The highest BCUT2D eigenvalue weighted by Crippen LogP contribution is 2.28. The van der Waals surface area contributed by atoms with Crippen molar-refractivity contribution in [2.75, 3.05) is 39.3 Å². The van der Waals surface area contributed by atoms with E-state index in [0.29, 0.717) is 0 Å². The van der Waals surface area contributed by atoms with Gasteiger partial charge in [-0.1, -0.05) is 6.92 Å². The second-order valence-electron chi connectivity index (χ2n) is 8.02. The van der Waals surface area contributed by atoms with E-state index < -0.39 is 0 Å². The summed E-state index contributed by atoms with van der Waals surface area (Å²) in [4.78, 5) is 8.24. The van der Waals surface area contributed by atoms with Gasteiger partial charge in [-0.2, -0.15) is 0 Å². The Bertz CT molecular complexity index is 314. The average Bonchev–Trinajstić information content (AvgIpc) is 2.98. The molecule has 2 heterocycles. The standard InChI is InChI=1S/C18H35N3/c1-15(2)21-9-8-18(14-21)20-12-10-19(11-13-20)17-6-4-16(3)5-7-17/h15-18H,4-14H2,1-3H3/t16?,17?,18-/m0/s1. The molecule has 0 aromatic carbocycles. The maximum atomic E-state index is 2.80. The lowest BCUT2D eigenvalue weighted by molar-refractivity contribution is 0.0523. The third-order valence-corrected chi connectivity index (χ3v) is 6.29. The molecule has 3 fully saturated rings. The first-order valence-corrected chi connectivity index (χ1v) is 9.35. The molecule has 1 atom stereocenters. The van der Waals surface area contributed by atoms with Crippen LogP contribution >= 0.6 is 0 Å². The van der Waals surface area contributed by atoms with E-state index in [0.717, 1.165) is 24.0 Å². The molecule has 0 aromatic rings. The first-order valence-electron chi connectivity index (χ1n) is 9.35. The summed E-state index contributed by atoms with van der Waals surface area (Å²) >= 11 is 0. The molecule has 1 saturated carbocycles. The summed E-state index contributed by atoms with van der Waals surface area (Å²) in [5.74, 6) is 0.975. The van der Waals surface area contributed by atoms with Crippen LogP contribution in [0.5, 0.6) is 0 Å². The lowest BCUT2D eigenvalue weighted by Crippen LogP contribution is -2.54. The van der Waals surface area contributed by atoms with E-state index in [4.69, 9.17) is 0 Å². The highest BCUT2D eigenvalue weighted by molar-refractivity contribution is 4.89. The van der Waals surface area contributed by atoms with Gasteiger partial charge in [-0.25, -0.2) is 0 Å². The quantitative estimate of drug-likeness (QED) is 0.792. The largest absolute Gasteiger partial charge is 0.299 e. The van der Waals surface area contributed by atoms with Crippen LogP contribution in [0.15, 0.2) is 0 Å². The fraction of sp³-hybridized carbons (Fsp3) is 1.00. The van der Waals surface area contributed by atoms with Crippen LogP contribution in [0.25, 0.3) is 0 Å². The first kappa shape index (κ1) is 15.8. The Morgan fingerprint density at radius 3 is 1.81 bits per heavy atom. The molecule has 2 aliphatic heterocycles. The van der Waals surface area contributed by atoms with Crippen LogP contribution in [-0.4, -0.2) is 72.1 Å². The smallest absolute Gasteiger partial charge is 0.0236 e. The van der Waals surface area contributed by atoms with Gasteiger partial charge in [-0.3, -0.25) is 14.7 Å². The second kappa shape index (κ2) is 6.97. The Morgan fingerprint density at radius 1 is 0.714 bits per heavy atom. The molecule has 3 heteroatoms. The van der Waals surface area contributed by atoms with Gasteiger partial charge in [-0.05, 0) is 51.9 Å². The van der Waals surface area contributed by atoms with Crippen LogP contribution in [0, 0.1) is 5.92 Å². The van der Waals surface area contributed by atoms with E-state index in [9.17, 15) is 0 Å². The highest BCUT2D eigenvalue weighted by Gasteiger charge is 2.32. The maximum Gasteiger partial charge on any atom is 0.0236 e.